The molecule has 0 amide bonds. The lowest BCUT2D eigenvalue weighted by Gasteiger charge is -2.18. The molecule has 0 aromatic heterocycles. The van der Waals surface area contributed by atoms with Gasteiger partial charge in [0.15, 0.2) is 0 Å². The average Bonchev–Trinajstić information content (AvgIpc) is 2.41. The van der Waals surface area contributed by atoms with E-state index in [-0.39, 0.29) is 11.9 Å². The largest absolute Gasteiger partial charge is 0.313 e. The van der Waals surface area contributed by atoms with Gasteiger partial charge in [-0.05, 0) is 50.1 Å². The van der Waals surface area contributed by atoms with Gasteiger partial charge in [-0.1, -0.05) is 36.4 Å². The first-order chi connectivity index (χ1) is 9.11. The number of hydrogen-bond acceptors (Lipinski definition) is 1. The fourth-order valence-corrected chi connectivity index (χ4v) is 2.29. The van der Waals surface area contributed by atoms with Crippen LogP contribution in [0.15, 0.2) is 42.5 Å². The first kappa shape index (κ1) is 13.8. The molecule has 0 aliphatic heterocycles. The zero-order chi connectivity index (χ0) is 13.8. The van der Waals surface area contributed by atoms with Crippen molar-refractivity contribution in [2.45, 2.75) is 26.3 Å². The van der Waals surface area contributed by atoms with Gasteiger partial charge in [0.05, 0.1) is 0 Å². The van der Waals surface area contributed by atoms with Crippen LogP contribution in [0.4, 0.5) is 4.39 Å². The molecule has 0 spiro atoms. The predicted molar refractivity (Wildman–Crippen MR) is 77.8 cm³/mol. The molecule has 0 radical (unpaired) electrons. The summed E-state index contributed by atoms with van der Waals surface area (Å²) in [4.78, 5) is 0. The second-order valence-electron chi connectivity index (χ2n) is 4.99. The summed E-state index contributed by atoms with van der Waals surface area (Å²) in [7, 11) is 1.87. The maximum Gasteiger partial charge on any atom is 0.127 e. The molecule has 2 aromatic rings. The molecule has 0 saturated carbocycles. The van der Waals surface area contributed by atoms with E-state index in [9.17, 15) is 4.39 Å². The maximum absolute atomic E-state index is 13.8. The molecule has 2 rings (SSSR count). The molecule has 1 N–H and O–H groups in total. The van der Waals surface area contributed by atoms with Crippen LogP contribution >= 0.6 is 0 Å². The van der Waals surface area contributed by atoms with Crippen molar-refractivity contribution >= 4 is 0 Å². The van der Waals surface area contributed by atoms with Crippen molar-refractivity contribution in [1.82, 2.24) is 5.32 Å². The van der Waals surface area contributed by atoms with Gasteiger partial charge in [0.25, 0.3) is 0 Å². The van der Waals surface area contributed by atoms with Gasteiger partial charge in [0, 0.05) is 11.6 Å². The molecule has 0 aliphatic carbocycles. The Morgan fingerprint density at radius 2 is 1.79 bits per heavy atom. The van der Waals surface area contributed by atoms with E-state index in [1.54, 1.807) is 6.07 Å². The third kappa shape index (κ3) is 3.21. The van der Waals surface area contributed by atoms with Crippen LogP contribution in [0.5, 0.6) is 0 Å². The first-order valence-corrected chi connectivity index (χ1v) is 6.59. The van der Waals surface area contributed by atoms with E-state index < -0.39 is 0 Å². The molecule has 0 heterocycles. The summed E-state index contributed by atoms with van der Waals surface area (Å²) < 4.78 is 13.8. The molecule has 0 aliphatic rings. The van der Waals surface area contributed by atoms with Gasteiger partial charge in [-0.3, -0.25) is 0 Å². The zero-order valence-electron chi connectivity index (χ0n) is 11.7. The van der Waals surface area contributed by atoms with E-state index >= 15 is 0 Å². The number of nitrogens with one attached hydrogen (secondary N) is 1. The summed E-state index contributed by atoms with van der Waals surface area (Å²) in [5, 5.41) is 3.20. The summed E-state index contributed by atoms with van der Waals surface area (Å²) in [6.45, 7) is 4.21. The summed E-state index contributed by atoms with van der Waals surface area (Å²) in [5.41, 5.74) is 4.52. The molecule has 0 saturated heterocycles. The van der Waals surface area contributed by atoms with Crippen molar-refractivity contribution in [3.63, 3.8) is 0 Å². The third-order valence-electron chi connectivity index (χ3n) is 3.64. The van der Waals surface area contributed by atoms with Crippen LogP contribution in [0.2, 0.25) is 0 Å². The Bertz CT molecular complexity index is 563. The minimum atomic E-state index is -0.148. The van der Waals surface area contributed by atoms with Gasteiger partial charge in [0.1, 0.15) is 5.82 Å². The molecular formula is C17H20FN. The van der Waals surface area contributed by atoms with Crippen LogP contribution in [0.3, 0.4) is 0 Å². The lowest BCUT2D eigenvalue weighted by Crippen LogP contribution is -2.20. The molecule has 0 fully saturated rings. The van der Waals surface area contributed by atoms with Crippen LogP contribution < -0.4 is 5.32 Å². The number of halogens is 1. The lowest BCUT2D eigenvalue weighted by molar-refractivity contribution is 0.534. The Balaban J connectivity index is 2.24. The Morgan fingerprint density at radius 3 is 2.42 bits per heavy atom. The maximum atomic E-state index is 13.8. The molecule has 100 valence electrons. The van der Waals surface area contributed by atoms with Gasteiger partial charge >= 0.3 is 0 Å². The monoisotopic (exact) mass is 257 g/mol. The van der Waals surface area contributed by atoms with Crippen molar-refractivity contribution in [2.75, 3.05) is 7.05 Å². The molecular weight excluding hydrogens is 237 g/mol. The van der Waals surface area contributed by atoms with Gasteiger partial charge in [-0.25, -0.2) is 4.39 Å². The second kappa shape index (κ2) is 5.98. The topological polar surface area (TPSA) is 12.0 Å². The normalized spacial score (nSPS) is 12.4. The van der Waals surface area contributed by atoms with Crippen molar-refractivity contribution in [3.8, 4) is 0 Å². The first-order valence-electron chi connectivity index (χ1n) is 6.59. The zero-order valence-corrected chi connectivity index (χ0v) is 11.7. The van der Waals surface area contributed by atoms with Gasteiger partial charge in [-0.2, -0.15) is 0 Å². The summed E-state index contributed by atoms with van der Waals surface area (Å²) in [6, 6.07) is 13.4. The molecule has 1 nitrogen and oxygen atoms in total. The lowest BCUT2D eigenvalue weighted by atomic mass is 9.96. The minimum Gasteiger partial charge on any atom is -0.313 e. The van der Waals surface area contributed by atoms with Crippen LogP contribution in [0, 0.1) is 19.7 Å². The SMILES string of the molecule is CNC(Cc1ccc(C)c(C)c1)c1ccccc1F. The van der Waals surface area contributed by atoms with Crippen LogP contribution in [0.1, 0.15) is 28.3 Å². The van der Waals surface area contributed by atoms with E-state index in [2.05, 4.69) is 37.4 Å². The number of benzene rings is 2. The number of likely N-dealkylation sites (N-methyl/N-ethyl adjacent to an activating group) is 1. The number of rotatable bonds is 4. The number of aryl methyl sites for hydroxylation is 2. The van der Waals surface area contributed by atoms with E-state index in [1.165, 1.54) is 22.8 Å². The highest BCUT2D eigenvalue weighted by Crippen LogP contribution is 2.22. The van der Waals surface area contributed by atoms with Crippen LogP contribution in [-0.4, -0.2) is 7.05 Å². The smallest absolute Gasteiger partial charge is 0.127 e. The third-order valence-corrected chi connectivity index (χ3v) is 3.64. The van der Waals surface area contributed by atoms with E-state index in [4.69, 9.17) is 0 Å². The molecule has 2 aromatic carbocycles. The highest BCUT2D eigenvalue weighted by molar-refractivity contribution is 5.32. The predicted octanol–water partition coefficient (Wildman–Crippen LogP) is 3.95. The Kier molecular flexibility index (Phi) is 4.33. The second-order valence-corrected chi connectivity index (χ2v) is 4.99. The van der Waals surface area contributed by atoms with Crippen molar-refractivity contribution in [1.29, 1.82) is 0 Å². The van der Waals surface area contributed by atoms with Crippen molar-refractivity contribution in [2.24, 2.45) is 0 Å². The molecule has 1 atom stereocenters. The Hall–Kier alpha value is -1.67. The van der Waals surface area contributed by atoms with Crippen LogP contribution in [-0.2, 0) is 6.42 Å². The fraction of sp³-hybridized carbons (Fsp3) is 0.294. The van der Waals surface area contributed by atoms with E-state index in [0.717, 1.165) is 12.0 Å². The van der Waals surface area contributed by atoms with Gasteiger partial charge in [0.2, 0.25) is 0 Å². The van der Waals surface area contributed by atoms with Crippen LogP contribution in [0.25, 0.3) is 0 Å². The van der Waals surface area contributed by atoms with Crippen molar-refractivity contribution in [3.05, 3.63) is 70.5 Å². The highest BCUT2D eigenvalue weighted by atomic mass is 19.1. The minimum absolute atomic E-state index is 0.00306. The molecule has 2 heteroatoms. The molecule has 19 heavy (non-hydrogen) atoms. The standard InChI is InChI=1S/C17H20FN/c1-12-8-9-14(10-13(12)2)11-17(19-3)15-6-4-5-7-16(15)18/h4-10,17,19H,11H2,1-3H3. The van der Waals surface area contributed by atoms with E-state index in [0.29, 0.717) is 0 Å². The summed E-state index contributed by atoms with van der Waals surface area (Å²) in [6.07, 6.45) is 0.790. The van der Waals surface area contributed by atoms with E-state index in [1.807, 2.05) is 19.2 Å². The average molecular weight is 257 g/mol. The van der Waals surface area contributed by atoms with Gasteiger partial charge < -0.3 is 5.32 Å². The quantitative estimate of drug-likeness (QED) is 0.874. The van der Waals surface area contributed by atoms with Crippen molar-refractivity contribution < 1.29 is 4.39 Å². The Morgan fingerprint density at radius 1 is 1.05 bits per heavy atom. The highest BCUT2D eigenvalue weighted by Gasteiger charge is 2.14. The molecule has 0 bridgehead atoms. The van der Waals surface area contributed by atoms with Gasteiger partial charge in [-0.15, -0.1) is 0 Å². The summed E-state index contributed by atoms with van der Waals surface area (Å²) in [5.74, 6) is -0.148. The Labute approximate surface area is 114 Å². The number of hydrogen-bond donors (Lipinski definition) is 1. The molecule has 1 unspecified atom stereocenters. The summed E-state index contributed by atoms with van der Waals surface area (Å²) >= 11 is 0. The fourth-order valence-electron chi connectivity index (χ4n) is 2.29.